The minimum atomic E-state index is -0.340. The SMILES string of the molecule is Cc1cc(Cl)c(C)c(B2OC(C)(C)C(C)(C)O2)c1. The van der Waals surface area contributed by atoms with Gasteiger partial charge in [-0.05, 0) is 64.2 Å². The topological polar surface area (TPSA) is 18.5 Å². The van der Waals surface area contributed by atoms with Crippen molar-refractivity contribution in [1.29, 1.82) is 0 Å². The molecule has 4 heteroatoms. The third kappa shape index (κ3) is 2.20. The molecule has 0 aliphatic carbocycles. The highest BCUT2D eigenvalue weighted by atomic mass is 35.5. The average molecular weight is 267 g/mol. The molecule has 0 aromatic heterocycles. The molecule has 1 fully saturated rings. The van der Waals surface area contributed by atoms with E-state index in [0.29, 0.717) is 0 Å². The Balaban J connectivity index is 2.41. The average Bonchev–Trinajstić information content (AvgIpc) is 2.42. The summed E-state index contributed by atoms with van der Waals surface area (Å²) in [6.07, 6.45) is 0. The first-order valence-corrected chi connectivity index (χ1v) is 6.64. The number of halogens is 1. The van der Waals surface area contributed by atoms with Gasteiger partial charge in [-0.15, -0.1) is 0 Å². The molecule has 1 aliphatic heterocycles. The number of aryl methyl sites for hydroxylation is 1. The zero-order valence-electron chi connectivity index (χ0n) is 11.9. The van der Waals surface area contributed by atoms with E-state index in [4.69, 9.17) is 20.9 Å². The third-order valence-corrected chi connectivity index (χ3v) is 4.43. The lowest BCUT2D eigenvalue weighted by molar-refractivity contribution is 0.00578. The van der Waals surface area contributed by atoms with E-state index >= 15 is 0 Å². The highest BCUT2D eigenvalue weighted by Gasteiger charge is 2.52. The quantitative estimate of drug-likeness (QED) is 0.727. The van der Waals surface area contributed by atoms with Crippen LogP contribution >= 0.6 is 11.6 Å². The van der Waals surface area contributed by atoms with Crippen molar-refractivity contribution < 1.29 is 9.31 Å². The van der Waals surface area contributed by atoms with Crippen molar-refractivity contribution in [2.24, 2.45) is 0 Å². The van der Waals surface area contributed by atoms with E-state index in [-0.39, 0.29) is 18.3 Å². The normalized spacial score (nSPS) is 21.4. The summed E-state index contributed by atoms with van der Waals surface area (Å²) in [5, 5.41) is 0.764. The van der Waals surface area contributed by atoms with Crippen molar-refractivity contribution >= 4 is 24.2 Å². The Morgan fingerprint density at radius 2 is 1.50 bits per heavy atom. The van der Waals surface area contributed by atoms with Gasteiger partial charge in [-0.25, -0.2) is 0 Å². The summed E-state index contributed by atoms with van der Waals surface area (Å²) in [7, 11) is -0.340. The maximum absolute atomic E-state index is 6.23. The van der Waals surface area contributed by atoms with E-state index in [1.54, 1.807) is 0 Å². The Kier molecular flexibility index (Phi) is 3.29. The van der Waals surface area contributed by atoms with Crippen molar-refractivity contribution in [1.82, 2.24) is 0 Å². The van der Waals surface area contributed by atoms with Gasteiger partial charge in [0.2, 0.25) is 0 Å². The molecule has 1 aromatic rings. The summed E-state index contributed by atoms with van der Waals surface area (Å²) < 4.78 is 12.1. The zero-order valence-corrected chi connectivity index (χ0v) is 12.7. The Morgan fingerprint density at radius 3 is 2.00 bits per heavy atom. The Morgan fingerprint density at radius 1 is 1.00 bits per heavy atom. The maximum Gasteiger partial charge on any atom is 0.495 e. The predicted octanol–water partition coefficient (Wildman–Crippen LogP) is 3.26. The van der Waals surface area contributed by atoms with Crippen molar-refractivity contribution in [3.8, 4) is 0 Å². The summed E-state index contributed by atoms with van der Waals surface area (Å²) >= 11 is 6.23. The van der Waals surface area contributed by atoms with Crippen LogP contribution in [0.25, 0.3) is 0 Å². The molecular formula is C14H20BClO2. The van der Waals surface area contributed by atoms with Crippen LogP contribution in [0.4, 0.5) is 0 Å². The fraction of sp³-hybridized carbons (Fsp3) is 0.571. The molecule has 0 N–H and O–H groups in total. The van der Waals surface area contributed by atoms with Crippen molar-refractivity contribution in [3.05, 3.63) is 28.3 Å². The van der Waals surface area contributed by atoms with E-state index in [1.807, 2.05) is 19.9 Å². The number of hydrogen-bond acceptors (Lipinski definition) is 2. The molecule has 98 valence electrons. The number of hydrogen-bond donors (Lipinski definition) is 0. The molecule has 0 spiro atoms. The van der Waals surface area contributed by atoms with E-state index in [9.17, 15) is 0 Å². The minimum absolute atomic E-state index is 0.319. The van der Waals surface area contributed by atoms with Crippen LogP contribution in [-0.2, 0) is 9.31 Å². The second-order valence-electron chi connectivity index (χ2n) is 6.05. The summed E-state index contributed by atoms with van der Waals surface area (Å²) in [6, 6.07) is 4.05. The molecule has 0 amide bonds. The van der Waals surface area contributed by atoms with Gasteiger partial charge in [0, 0.05) is 5.02 Å². The fourth-order valence-electron chi connectivity index (χ4n) is 2.06. The summed E-state index contributed by atoms with van der Waals surface area (Å²) in [6.45, 7) is 12.3. The second kappa shape index (κ2) is 4.26. The molecule has 18 heavy (non-hydrogen) atoms. The lowest BCUT2D eigenvalue weighted by atomic mass is 9.75. The van der Waals surface area contributed by atoms with Gasteiger partial charge in [-0.2, -0.15) is 0 Å². The first-order chi connectivity index (χ1) is 8.14. The molecule has 2 nitrogen and oxygen atoms in total. The minimum Gasteiger partial charge on any atom is -0.399 e. The van der Waals surface area contributed by atoms with Crippen LogP contribution < -0.4 is 5.46 Å². The van der Waals surface area contributed by atoms with Crippen molar-refractivity contribution in [3.63, 3.8) is 0 Å². The summed E-state index contributed by atoms with van der Waals surface area (Å²) in [5.74, 6) is 0. The number of rotatable bonds is 1. The standard InChI is InChI=1S/C14H20BClO2/c1-9-7-11(10(2)12(16)8-9)15-17-13(3,4)14(5,6)18-15/h7-8H,1-6H3. The lowest BCUT2D eigenvalue weighted by Crippen LogP contribution is -2.41. The monoisotopic (exact) mass is 266 g/mol. The molecule has 1 aromatic carbocycles. The van der Waals surface area contributed by atoms with Crippen molar-refractivity contribution in [2.45, 2.75) is 52.7 Å². The Hall–Kier alpha value is -0.505. The van der Waals surface area contributed by atoms with Gasteiger partial charge in [0.15, 0.2) is 0 Å². The highest BCUT2D eigenvalue weighted by Crippen LogP contribution is 2.37. The third-order valence-electron chi connectivity index (χ3n) is 4.04. The summed E-state index contributed by atoms with van der Waals surface area (Å²) in [5.41, 5.74) is 2.54. The van der Waals surface area contributed by atoms with Crippen LogP contribution in [0.2, 0.25) is 5.02 Å². The van der Waals surface area contributed by atoms with Gasteiger partial charge in [0.1, 0.15) is 0 Å². The van der Waals surface area contributed by atoms with E-state index in [2.05, 4.69) is 33.8 Å². The van der Waals surface area contributed by atoms with Crippen LogP contribution in [0, 0.1) is 13.8 Å². The van der Waals surface area contributed by atoms with Gasteiger partial charge in [0.25, 0.3) is 0 Å². The van der Waals surface area contributed by atoms with Gasteiger partial charge < -0.3 is 9.31 Å². The molecule has 2 rings (SSSR count). The predicted molar refractivity (Wildman–Crippen MR) is 76.6 cm³/mol. The van der Waals surface area contributed by atoms with Crippen LogP contribution in [0.15, 0.2) is 12.1 Å². The van der Waals surface area contributed by atoms with Crippen LogP contribution in [-0.4, -0.2) is 18.3 Å². The maximum atomic E-state index is 6.23. The smallest absolute Gasteiger partial charge is 0.399 e. The lowest BCUT2D eigenvalue weighted by Gasteiger charge is -2.32. The fourth-order valence-corrected chi connectivity index (χ4v) is 2.34. The largest absolute Gasteiger partial charge is 0.495 e. The van der Waals surface area contributed by atoms with E-state index < -0.39 is 0 Å². The molecule has 1 saturated heterocycles. The zero-order chi connectivity index (χ0) is 13.7. The van der Waals surface area contributed by atoms with E-state index in [0.717, 1.165) is 21.6 Å². The molecule has 0 saturated carbocycles. The molecule has 0 atom stereocenters. The molecule has 0 bridgehead atoms. The van der Waals surface area contributed by atoms with Gasteiger partial charge >= 0.3 is 7.12 Å². The second-order valence-corrected chi connectivity index (χ2v) is 6.46. The first kappa shape index (κ1) is 13.9. The molecule has 0 radical (unpaired) electrons. The van der Waals surface area contributed by atoms with Gasteiger partial charge in [0.05, 0.1) is 11.2 Å². The summed E-state index contributed by atoms with van der Waals surface area (Å²) in [4.78, 5) is 0. The van der Waals surface area contributed by atoms with Gasteiger partial charge in [-0.1, -0.05) is 17.7 Å². The van der Waals surface area contributed by atoms with Gasteiger partial charge in [-0.3, -0.25) is 0 Å². The molecular weight excluding hydrogens is 246 g/mol. The number of benzene rings is 1. The van der Waals surface area contributed by atoms with E-state index in [1.165, 1.54) is 0 Å². The molecule has 1 aliphatic rings. The van der Waals surface area contributed by atoms with Crippen LogP contribution in [0.1, 0.15) is 38.8 Å². The van der Waals surface area contributed by atoms with Crippen LogP contribution in [0.3, 0.4) is 0 Å². The molecule has 1 heterocycles. The van der Waals surface area contributed by atoms with Crippen molar-refractivity contribution in [2.75, 3.05) is 0 Å². The Labute approximate surface area is 115 Å². The Bertz CT molecular complexity index is 467. The highest BCUT2D eigenvalue weighted by molar-refractivity contribution is 6.63. The first-order valence-electron chi connectivity index (χ1n) is 6.26. The molecule has 0 unspecified atom stereocenters. The van der Waals surface area contributed by atoms with Crippen LogP contribution in [0.5, 0.6) is 0 Å².